The molecule has 34 heavy (non-hydrogen) atoms. The molecule has 2 aliphatic rings. The molecule has 1 aromatic carbocycles. The Labute approximate surface area is 212 Å². The number of rotatable bonds is 8. The van der Waals surface area contributed by atoms with Crippen LogP contribution < -0.4 is 4.74 Å². The van der Waals surface area contributed by atoms with Crippen molar-refractivity contribution in [3.8, 4) is 5.75 Å². The van der Waals surface area contributed by atoms with Crippen molar-refractivity contribution < 1.29 is 14.3 Å². The van der Waals surface area contributed by atoms with Crippen LogP contribution in [0.15, 0.2) is 42.7 Å². The Morgan fingerprint density at radius 2 is 1.85 bits per heavy atom. The van der Waals surface area contributed by atoms with Crippen LogP contribution in [-0.4, -0.2) is 72.7 Å². The summed E-state index contributed by atoms with van der Waals surface area (Å²) in [6, 6.07) is 9.13. The molecule has 0 unspecified atom stereocenters. The van der Waals surface area contributed by atoms with Gasteiger partial charge in [0.2, 0.25) is 0 Å². The minimum absolute atomic E-state index is 0.161. The first-order valence-corrected chi connectivity index (χ1v) is 12.8. The predicted octanol–water partition coefficient (Wildman–Crippen LogP) is 4.73. The fourth-order valence-corrected chi connectivity index (χ4v) is 5.29. The molecule has 4 rings (SSSR count). The lowest BCUT2D eigenvalue weighted by Crippen LogP contribution is -2.49. The number of halogens is 2. The van der Waals surface area contributed by atoms with E-state index < -0.39 is 0 Å². The molecule has 1 atom stereocenters. The molecule has 0 N–H and O–H groups in total. The normalized spacial score (nSPS) is 19.6. The van der Waals surface area contributed by atoms with Gasteiger partial charge in [0.25, 0.3) is 0 Å². The monoisotopic (exact) mass is 505 g/mol. The summed E-state index contributed by atoms with van der Waals surface area (Å²) in [5, 5.41) is 1.07. The fourth-order valence-electron chi connectivity index (χ4n) is 5.00. The Hall–Kier alpha value is -1.86. The molecule has 0 saturated carbocycles. The zero-order valence-corrected chi connectivity index (χ0v) is 21.2. The van der Waals surface area contributed by atoms with E-state index in [9.17, 15) is 4.79 Å². The molecule has 0 aliphatic carbocycles. The minimum Gasteiger partial charge on any atom is -0.490 e. The Balaban J connectivity index is 1.21. The number of benzene rings is 1. The van der Waals surface area contributed by atoms with Gasteiger partial charge < -0.3 is 14.4 Å². The van der Waals surface area contributed by atoms with Crippen LogP contribution in [-0.2, 0) is 16.0 Å². The van der Waals surface area contributed by atoms with Crippen LogP contribution in [0.4, 0.5) is 0 Å². The van der Waals surface area contributed by atoms with Crippen molar-refractivity contribution >= 4 is 29.2 Å². The van der Waals surface area contributed by atoms with Crippen molar-refractivity contribution in [1.82, 2.24) is 14.8 Å². The number of aromatic nitrogens is 1. The van der Waals surface area contributed by atoms with Gasteiger partial charge in [-0.15, -0.1) is 0 Å². The van der Waals surface area contributed by atoms with Gasteiger partial charge in [-0.1, -0.05) is 29.3 Å². The molecule has 184 valence electrons. The molecule has 2 aromatic rings. The molecule has 8 heteroatoms. The summed E-state index contributed by atoms with van der Waals surface area (Å²) in [5.74, 6) is 1.28. The maximum Gasteiger partial charge on any atom is 0.323 e. The molecule has 2 saturated heterocycles. The first-order valence-electron chi connectivity index (χ1n) is 12.1. The molecule has 2 fully saturated rings. The first-order chi connectivity index (χ1) is 16.5. The number of carbonyl (C=O) groups excluding carboxylic acids is 1. The molecule has 6 nitrogen and oxygen atoms in total. The van der Waals surface area contributed by atoms with Gasteiger partial charge in [0.05, 0.1) is 17.2 Å². The molecule has 1 aromatic heterocycles. The largest absolute Gasteiger partial charge is 0.490 e. The Bertz CT molecular complexity index is 930. The molecule has 0 amide bonds. The third-order valence-electron chi connectivity index (χ3n) is 6.96. The van der Waals surface area contributed by atoms with E-state index in [2.05, 4.69) is 14.8 Å². The van der Waals surface area contributed by atoms with Gasteiger partial charge in [-0.3, -0.25) is 14.7 Å². The van der Waals surface area contributed by atoms with Crippen molar-refractivity contribution in [3.05, 3.63) is 58.3 Å². The minimum atomic E-state index is -0.246. The number of nitrogens with zero attached hydrogens (tertiary/aromatic N) is 3. The average Bonchev–Trinajstić information content (AvgIpc) is 2.87. The number of hydrogen-bond acceptors (Lipinski definition) is 6. The molecule has 0 bridgehead atoms. The molecule has 3 heterocycles. The van der Waals surface area contributed by atoms with E-state index in [0.29, 0.717) is 22.4 Å². The zero-order chi connectivity index (χ0) is 23.9. The standard InChI is InChI=1S/C26H33Cl2N3O3/c1-33-26(32)25(15-20-3-2-10-29-17-20)31-13-6-19(7-14-31)18-30-11-8-21(9-12-30)34-22-4-5-23(27)24(28)16-22/h2-5,10,16-17,19,21,25H,6-9,11-15,18H2,1H3/t25-/m0/s1. The van der Waals surface area contributed by atoms with Gasteiger partial charge in [-0.25, -0.2) is 0 Å². The number of piperidine rings is 2. The molecular weight excluding hydrogens is 473 g/mol. The van der Waals surface area contributed by atoms with Gasteiger partial charge in [-0.05, 0) is 68.5 Å². The highest BCUT2D eigenvalue weighted by molar-refractivity contribution is 6.42. The summed E-state index contributed by atoms with van der Waals surface area (Å²) < 4.78 is 11.2. The number of carbonyl (C=O) groups is 1. The SMILES string of the molecule is COC(=O)[C@H](Cc1cccnc1)N1CCC(CN2CCC(Oc3ccc(Cl)c(Cl)c3)CC2)CC1. The topological polar surface area (TPSA) is 54.9 Å². The number of pyridine rings is 1. The molecular formula is C26H33Cl2N3O3. The second kappa shape index (κ2) is 12.2. The Kier molecular flexibility index (Phi) is 9.06. The summed E-state index contributed by atoms with van der Waals surface area (Å²) >= 11 is 12.1. The number of methoxy groups -OCH3 is 1. The van der Waals surface area contributed by atoms with Crippen molar-refractivity contribution in [3.63, 3.8) is 0 Å². The first kappa shape index (κ1) is 25.2. The van der Waals surface area contributed by atoms with Crippen LogP contribution in [0.3, 0.4) is 0 Å². The van der Waals surface area contributed by atoms with Crippen molar-refractivity contribution in [2.75, 3.05) is 39.8 Å². The average molecular weight is 506 g/mol. The van der Waals surface area contributed by atoms with E-state index in [4.69, 9.17) is 32.7 Å². The van der Waals surface area contributed by atoms with E-state index in [-0.39, 0.29) is 18.1 Å². The second-order valence-electron chi connectivity index (χ2n) is 9.28. The fraction of sp³-hybridized carbons (Fsp3) is 0.538. The smallest absolute Gasteiger partial charge is 0.323 e. The van der Waals surface area contributed by atoms with Crippen LogP contribution in [0.25, 0.3) is 0 Å². The third kappa shape index (κ3) is 6.85. The van der Waals surface area contributed by atoms with Crippen LogP contribution in [0.2, 0.25) is 10.0 Å². The highest BCUT2D eigenvalue weighted by Gasteiger charge is 2.32. The van der Waals surface area contributed by atoms with Crippen molar-refractivity contribution in [2.24, 2.45) is 5.92 Å². The number of likely N-dealkylation sites (tertiary alicyclic amines) is 2. The van der Waals surface area contributed by atoms with Crippen molar-refractivity contribution in [1.29, 1.82) is 0 Å². The van der Waals surface area contributed by atoms with Crippen LogP contribution >= 0.6 is 23.2 Å². The van der Waals surface area contributed by atoms with Gasteiger partial charge in [0.1, 0.15) is 17.9 Å². The third-order valence-corrected chi connectivity index (χ3v) is 7.70. The van der Waals surface area contributed by atoms with E-state index in [1.54, 1.807) is 18.3 Å². The van der Waals surface area contributed by atoms with Gasteiger partial charge in [0.15, 0.2) is 0 Å². The summed E-state index contributed by atoms with van der Waals surface area (Å²) in [4.78, 5) is 21.5. The molecule has 0 spiro atoms. The Morgan fingerprint density at radius 3 is 2.50 bits per heavy atom. The molecule has 2 aliphatic heterocycles. The van der Waals surface area contributed by atoms with E-state index in [1.165, 1.54) is 7.11 Å². The van der Waals surface area contributed by atoms with Crippen LogP contribution in [0, 0.1) is 5.92 Å². The highest BCUT2D eigenvalue weighted by atomic mass is 35.5. The maximum absolute atomic E-state index is 12.5. The van der Waals surface area contributed by atoms with Gasteiger partial charge >= 0.3 is 5.97 Å². The van der Waals surface area contributed by atoms with Crippen LogP contribution in [0.1, 0.15) is 31.2 Å². The second-order valence-corrected chi connectivity index (χ2v) is 10.1. The summed E-state index contributed by atoms with van der Waals surface area (Å²) in [6.45, 7) is 5.03. The lowest BCUT2D eigenvalue weighted by Gasteiger charge is -2.39. The van der Waals surface area contributed by atoms with Crippen LogP contribution in [0.5, 0.6) is 5.75 Å². The predicted molar refractivity (Wildman–Crippen MR) is 135 cm³/mol. The summed E-state index contributed by atoms with van der Waals surface area (Å²) in [5.41, 5.74) is 1.06. The maximum atomic E-state index is 12.5. The number of ether oxygens (including phenoxy) is 2. The van der Waals surface area contributed by atoms with E-state index in [0.717, 1.165) is 69.7 Å². The number of esters is 1. The van der Waals surface area contributed by atoms with E-state index in [1.807, 2.05) is 24.4 Å². The summed E-state index contributed by atoms with van der Waals surface area (Å²) in [7, 11) is 1.47. The van der Waals surface area contributed by atoms with Gasteiger partial charge in [-0.2, -0.15) is 0 Å². The highest BCUT2D eigenvalue weighted by Crippen LogP contribution is 2.29. The quantitative estimate of drug-likeness (QED) is 0.483. The van der Waals surface area contributed by atoms with Crippen molar-refractivity contribution in [2.45, 2.75) is 44.2 Å². The molecule has 0 radical (unpaired) electrons. The lowest BCUT2D eigenvalue weighted by atomic mass is 9.93. The summed E-state index contributed by atoms with van der Waals surface area (Å²) in [6.07, 6.45) is 8.65. The Morgan fingerprint density at radius 1 is 1.09 bits per heavy atom. The lowest BCUT2D eigenvalue weighted by molar-refractivity contribution is -0.147. The van der Waals surface area contributed by atoms with E-state index >= 15 is 0 Å². The van der Waals surface area contributed by atoms with Gasteiger partial charge in [0, 0.05) is 44.5 Å². The number of hydrogen-bond donors (Lipinski definition) is 0. The zero-order valence-electron chi connectivity index (χ0n) is 19.7.